The van der Waals surface area contributed by atoms with E-state index in [0.717, 1.165) is 11.0 Å². The van der Waals surface area contributed by atoms with Crippen molar-refractivity contribution in [3.63, 3.8) is 0 Å². The van der Waals surface area contributed by atoms with Crippen LogP contribution in [0.2, 0.25) is 0 Å². The first-order valence-corrected chi connectivity index (χ1v) is 5.19. The van der Waals surface area contributed by atoms with Crippen LogP contribution in [0.25, 0.3) is 0 Å². The molecule has 1 aromatic rings. The van der Waals surface area contributed by atoms with Gasteiger partial charge in [0.15, 0.2) is 0 Å². The zero-order valence-electron chi connectivity index (χ0n) is 9.82. The lowest BCUT2D eigenvalue weighted by molar-refractivity contribution is -0.139. The van der Waals surface area contributed by atoms with E-state index < -0.39 is 23.5 Å². The van der Waals surface area contributed by atoms with E-state index in [2.05, 4.69) is 4.74 Å². The second-order valence-electron chi connectivity index (χ2n) is 3.92. The smallest absolute Gasteiger partial charge is 0.325 e. The zero-order valence-corrected chi connectivity index (χ0v) is 9.82. The summed E-state index contributed by atoms with van der Waals surface area (Å²) in [6.45, 7) is 1.21. The molecule has 0 saturated carbocycles. The highest BCUT2D eigenvalue weighted by atomic mass is 19.1. The average molecular weight is 251 g/mol. The molecule has 1 aliphatic rings. The van der Waals surface area contributed by atoms with Crippen molar-refractivity contribution < 1.29 is 23.5 Å². The maximum atomic E-state index is 13.2. The highest BCUT2D eigenvalue weighted by Gasteiger charge is 2.38. The van der Waals surface area contributed by atoms with Gasteiger partial charge in [-0.2, -0.15) is 0 Å². The maximum absolute atomic E-state index is 13.2. The summed E-state index contributed by atoms with van der Waals surface area (Å²) in [6, 6.07) is 2.20. The molecule has 0 aromatic heterocycles. The quantitative estimate of drug-likeness (QED) is 0.577. The molecule has 0 aliphatic carbocycles. The number of esters is 1. The van der Waals surface area contributed by atoms with Gasteiger partial charge >= 0.3 is 5.97 Å². The number of hydrogen-bond donors (Lipinski definition) is 0. The molecule has 0 unspecified atom stereocenters. The summed E-state index contributed by atoms with van der Waals surface area (Å²) in [6.07, 6.45) is 0. The number of fused-ring (bicyclic) bond motifs is 1. The highest BCUT2D eigenvalue weighted by molar-refractivity contribution is 6.52. The molecular weight excluding hydrogens is 241 g/mol. The van der Waals surface area contributed by atoms with E-state index in [4.69, 9.17) is 0 Å². The summed E-state index contributed by atoms with van der Waals surface area (Å²) in [5.41, 5.74) is 0.686. The van der Waals surface area contributed by atoms with Crippen molar-refractivity contribution in [1.29, 1.82) is 0 Å². The fourth-order valence-corrected chi connectivity index (χ4v) is 1.95. The third kappa shape index (κ3) is 1.75. The van der Waals surface area contributed by atoms with Gasteiger partial charge in [0.1, 0.15) is 12.4 Å². The van der Waals surface area contributed by atoms with Gasteiger partial charge in [-0.25, -0.2) is 4.39 Å². The summed E-state index contributed by atoms with van der Waals surface area (Å²) in [7, 11) is 1.18. The van der Waals surface area contributed by atoms with Crippen LogP contribution in [0.3, 0.4) is 0 Å². The number of carbonyl (C=O) groups excluding carboxylic acids is 3. The third-order valence-electron chi connectivity index (χ3n) is 2.73. The predicted octanol–water partition coefficient (Wildman–Crippen LogP) is 0.836. The van der Waals surface area contributed by atoms with Crippen LogP contribution in [0.5, 0.6) is 0 Å². The molecule has 18 heavy (non-hydrogen) atoms. The Morgan fingerprint density at radius 2 is 2.06 bits per heavy atom. The van der Waals surface area contributed by atoms with Gasteiger partial charge in [-0.15, -0.1) is 0 Å². The lowest BCUT2D eigenvalue weighted by atomic mass is 10.1. The minimum atomic E-state index is -0.843. The van der Waals surface area contributed by atoms with Crippen molar-refractivity contribution in [2.24, 2.45) is 0 Å². The second-order valence-corrected chi connectivity index (χ2v) is 3.92. The van der Waals surface area contributed by atoms with E-state index in [1.165, 1.54) is 13.2 Å². The molecule has 1 aromatic carbocycles. The number of carbonyl (C=O) groups is 3. The van der Waals surface area contributed by atoms with Crippen LogP contribution < -0.4 is 4.90 Å². The van der Waals surface area contributed by atoms with Crippen molar-refractivity contribution in [3.05, 3.63) is 29.1 Å². The molecule has 0 fully saturated rings. The number of benzene rings is 1. The molecule has 0 radical (unpaired) electrons. The van der Waals surface area contributed by atoms with E-state index in [1.54, 1.807) is 6.92 Å². The Bertz CT molecular complexity index is 567. The van der Waals surface area contributed by atoms with Crippen molar-refractivity contribution >= 4 is 23.3 Å². The van der Waals surface area contributed by atoms with Crippen LogP contribution in [0.1, 0.15) is 15.9 Å². The molecular formula is C12H10FNO4. The number of Topliss-reactive ketones (excluding diaryl/α,β-unsaturated/α-hetero) is 1. The topological polar surface area (TPSA) is 63.7 Å². The third-order valence-corrected chi connectivity index (χ3v) is 2.73. The first kappa shape index (κ1) is 12.2. The van der Waals surface area contributed by atoms with Gasteiger partial charge in [0.25, 0.3) is 11.7 Å². The Morgan fingerprint density at radius 1 is 1.39 bits per heavy atom. The number of methoxy groups -OCH3 is 1. The van der Waals surface area contributed by atoms with Gasteiger partial charge in [0.2, 0.25) is 0 Å². The summed E-state index contributed by atoms with van der Waals surface area (Å²) in [5, 5.41) is 0. The fourth-order valence-electron chi connectivity index (χ4n) is 1.95. The van der Waals surface area contributed by atoms with Gasteiger partial charge in [0.05, 0.1) is 18.4 Å². The molecule has 1 heterocycles. The highest BCUT2D eigenvalue weighted by Crippen LogP contribution is 2.32. The summed E-state index contributed by atoms with van der Waals surface area (Å²) < 4.78 is 17.7. The van der Waals surface area contributed by atoms with Gasteiger partial charge in [-0.3, -0.25) is 19.3 Å². The summed E-state index contributed by atoms with van der Waals surface area (Å²) in [4.78, 5) is 35.6. The zero-order chi connectivity index (χ0) is 13.4. The Kier molecular flexibility index (Phi) is 2.86. The van der Waals surface area contributed by atoms with Crippen LogP contribution >= 0.6 is 0 Å². The number of anilines is 1. The molecule has 0 saturated heterocycles. The minimum Gasteiger partial charge on any atom is -0.468 e. The van der Waals surface area contributed by atoms with Gasteiger partial charge < -0.3 is 4.74 Å². The predicted molar refractivity (Wildman–Crippen MR) is 59.8 cm³/mol. The number of ketones is 1. The van der Waals surface area contributed by atoms with Crippen LogP contribution in [0.4, 0.5) is 10.1 Å². The van der Waals surface area contributed by atoms with Crippen molar-refractivity contribution in [2.75, 3.05) is 18.6 Å². The van der Waals surface area contributed by atoms with Crippen LogP contribution in [-0.4, -0.2) is 31.3 Å². The molecule has 2 rings (SSSR count). The van der Waals surface area contributed by atoms with Gasteiger partial charge in [-0.1, -0.05) is 0 Å². The molecule has 1 aliphatic heterocycles. The first-order chi connectivity index (χ1) is 8.45. The normalized spacial score (nSPS) is 13.8. The Morgan fingerprint density at radius 3 is 2.67 bits per heavy atom. The fraction of sp³-hybridized carbons (Fsp3) is 0.250. The lowest BCUT2D eigenvalue weighted by Gasteiger charge is -2.16. The van der Waals surface area contributed by atoms with Crippen molar-refractivity contribution in [2.45, 2.75) is 6.92 Å². The van der Waals surface area contributed by atoms with E-state index in [0.29, 0.717) is 5.56 Å². The SMILES string of the molecule is COC(=O)CN1C(=O)C(=O)c2cc(F)cc(C)c21. The summed E-state index contributed by atoms with van der Waals surface area (Å²) >= 11 is 0. The van der Waals surface area contributed by atoms with Gasteiger partial charge in [0, 0.05) is 0 Å². The van der Waals surface area contributed by atoms with Crippen LogP contribution in [0, 0.1) is 12.7 Å². The van der Waals surface area contributed by atoms with Crippen molar-refractivity contribution in [1.82, 2.24) is 0 Å². The Labute approximate surface area is 102 Å². The van der Waals surface area contributed by atoms with Crippen LogP contribution in [-0.2, 0) is 14.3 Å². The number of halogens is 1. The maximum Gasteiger partial charge on any atom is 0.325 e. The first-order valence-electron chi connectivity index (χ1n) is 5.19. The Balaban J connectivity index is 2.51. The standard InChI is InChI=1S/C12H10FNO4/c1-6-3-7(13)4-8-10(6)14(5-9(15)18-2)12(17)11(8)16/h3-4H,5H2,1-2H3. The number of ether oxygens (including phenoxy) is 1. The number of nitrogens with zero attached hydrogens (tertiary/aromatic N) is 1. The molecule has 6 heteroatoms. The molecule has 0 atom stereocenters. The number of amides is 1. The lowest BCUT2D eigenvalue weighted by Crippen LogP contribution is -2.35. The van der Waals surface area contributed by atoms with E-state index >= 15 is 0 Å². The van der Waals surface area contributed by atoms with E-state index in [-0.39, 0.29) is 17.8 Å². The van der Waals surface area contributed by atoms with Crippen LogP contribution in [0.15, 0.2) is 12.1 Å². The molecule has 0 spiro atoms. The Hall–Kier alpha value is -2.24. The minimum absolute atomic E-state index is 0.0126. The van der Waals surface area contributed by atoms with Gasteiger partial charge in [-0.05, 0) is 24.6 Å². The number of rotatable bonds is 2. The number of hydrogen-bond acceptors (Lipinski definition) is 4. The van der Waals surface area contributed by atoms with Crippen molar-refractivity contribution in [3.8, 4) is 0 Å². The van der Waals surface area contributed by atoms with E-state index in [1.807, 2.05) is 0 Å². The molecule has 0 bridgehead atoms. The second kappa shape index (κ2) is 4.21. The van der Waals surface area contributed by atoms with E-state index in [9.17, 15) is 18.8 Å². The number of aryl methyl sites for hydroxylation is 1. The molecule has 0 N–H and O–H groups in total. The monoisotopic (exact) mass is 251 g/mol. The summed E-state index contributed by atoms with van der Waals surface area (Å²) in [5.74, 6) is -2.89. The molecule has 1 amide bonds. The average Bonchev–Trinajstić information content (AvgIpc) is 2.54. The molecule has 5 nitrogen and oxygen atoms in total. The largest absolute Gasteiger partial charge is 0.468 e. The molecule has 94 valence electrons.